The highest BCUT2D eigenvalue weighted by Crippen LogP contribution is 2.41. The van der Waals surface area contributed by atoms with Crippen LogP contribution in [0.3, 0.4) is 0 Å². The molecule has 2 atom stereocenters. The van der Waals surface area contributed by atoms with Crippen LogP contribution in [0.15, 0.2) is 0 Å². The summed E-state index contributed by atoms with van der Waals surface area (Å²) in [6.07, 6.45) is 2.67. The molecule has 0 radical (unpaired) electrons. The average molecular weight is 284 g/mol. The zero-order chi connectivity index (χ0) is 15.3. The molecular formula is C13H16O7. The van der Waals surface area contributed by atoms with Crippen molar-refractivity contribution in [2.75, 3.05) is 20.8 Å². The third-order valence-electron chi connectivity index (χ3n) is 3.04. The maximum Gasteiger partial charge on any atom is 0.337 e. The molecule has 110 valence electrons. The predicted molar refractivity (Wildman–Crippen MR) is 65.2 cm³/mol. The summed E-state index contributed by atoms with van der Waals surface area (Å²) in [4.78, 5) is 36.0. The fourth-order valence-corrected chi connectivity index (χ4v) is 2.13. The number of carbonyl (C=O) groups excluding carboxylic acids is 3. The highest BCUT2D eigenvalue weighted by atomic mass is 16.6. The monoisotopic (exact) mass is 284 g/mol. The van der Waals surface area contributed by atoms with E-state index >= 15 is 0 Å². The fourth-order valence-electron chi connectivity index (χ4n) is 2.13. The lowest BCUT2D eigenvalue weighted by molar-refractivity contribution is -0.182. The number of carbonyl (C=O) groups is 3. The van der Waals surface area contributed by atoms with Crippen molar-refractivity contribution in [3.8, 4) is 12.3 Å². The van der Waals surface area contributed by atoms with Crippen LogP contribution in [-0.4, -0.2) is 50.9 Å². The molecule has 2 unspecified atom stereocenters. The summed E-state index contributed by atoms with van der Waals surface area (Å²) in [5, 5.41) is 0. The Morgan fingerprint density at radius 2 is 1.85 bits per heavy atom. The summed E-state index contributed by atoms with van der Waals surface area (Å²) < 4.78 is 19.3. The van der Waals surface area contributed by atoms with Crippen LogP contribution in [0.5, 0.6) is 0 Å². The molecule has 1 heterocycles. The topological polar surface area (TPSA) is 88.1 Å². The van der Waals surface area contributed by atoms with Crippen LogP contribution in [0.4, 0.5) is 0 Å². The van der Waals surface area contributed by atoms with Gasteiger partial charge in [0.2, 0.25) is 5.41 Å². The molecule has 0 aliphatic carbocycles. The van der Waals surface area contributed by atoms with Crippen molar-refractivity contribution in [3.05, 3.63) is 0 Å². The number of hydrogen-bond acceptors (Lipinski definition) is 7. The molecule has 0 aromatic carbocycles. The molecule has 0 amide bonds. The first-order valence-corrected chi connectivity index (χ1v) is 5.92. The van der Waals surface area contributed by atoms with Crippen molar-refractivity contribution in [2.24, 2.45) is 5.41 Å². The molecular weight excluding hydrogens is 268 g/mol. The number of esters is 3. The summed E-state index contributed by atoms with van der Waals surface area (Å²) in [5.74, 6) is -0.491. The Balaban J connectivity index is 3.28. The first kappa shape index (κ1) is 16.0. The molecule has 1 fully saturated rings. The first-order chi connectivity index (χ1) is 9.47. The predicted octanol–water partition coefficient (Wildman–Crippen LogP) is -0.327. The minimum Gasteiger partial charge on any atom is -0.468 e. The van der Waals surface area contributed by atoms with Crippen molar-refractivity contribution in [3.63, 3.8) is 0 Å². The van der Waals surface area contributed by atoms with Gasteiger partial charge < -0.3 is 18.9 Å². The van der Waals surface area contributed by atoms with E-state index in [9.17, 15) is 14.4 Å². The van der Waals surface area contributed by atoms with Crippen LogP contribution in [-0.2, 0) is 33.3 Å². The number of rotatable bonds is 4. The van der Waals surface area contributed by atoms with Gasteiger partial charge in [-0.05, 0) is 6.92 Å². The molecule has 0 spiro atoms. The molecule has 0 aromatic rings. The Labute approximate surface area is 116 Å². The van der Waals surface area contributed by atoms with Gasteiger partial charge in [-0.15, -0.1) is 6.42 Å². The summed E-state index contributed by atoms with van der Waals surface area (Å²) >= 11 is 0. The van der Waals surface area contributed by atoms with Gasteiger partial charge in [-0.1, -0.05) is 5.92 Å². The molecule has 7 heteroatoms. The van der Waals surface area contributed by atoms with Gasteiger partial charge in [0, 0.05) is 6.42 Å². The summed E-state index contributed by atoms with van der Waals surface area (Å²) in [6.45, 7) is 1.65. The van der Waals surface area contributed by atoms with Crippen LogP contribution in [0.1, 0.15) is 13.3 Å². The van der Waals surface area contributed by atoms with Gasteiger partial charge in [0.05, 0.1) is 20.8 Å². The number of hydrogen-bond donors (Lipinski definition) is 0. The van der Waals surface area contributed by atoms with E-state index in [2.05, 4.69) is 15.4 Å². The Bertz CT molecular complexity index is 432. The molecule has 20 heavy (non-hydrogen) atoms. The van der Waals surface area contributed by atoms with E-state index in [1.165, 1.54) is 0 Å². The maximum atomic E-state index is 12.0. The maximum absolute atomic E-state index is 12.0. The largest absolute Gasteiger partial charge is 0.468 e. The van der Waals surface area contributed by atoms with Crippen LogP contribution in [0.2, 0.25) is 0 Å². The normalized spacial score (nSPS) is 23.5. The SMILES string of the molecule is C#CC1CC(C(=O)OC)(C(=O)OC)C(C(=O)OCC)O1. The highest BCUT2D eigenvalue weighted by Gasteiger charge is 2.64. The average Bonchev–Trinajstić information content (AvgIpc) is 2.86. The summed E-state index contributed by atoms with van der Waals surface area (Å²) in [6, 6.07) is 0. The minimum atomic E-state index is -1.94. The molecule has 1 rings (SSSR count). The van der Waals surface area contributed by atoms with Gasteiger partial charge in [-0.25, -0.2) is 4.79 Å². The second kappa shape index (κ2) is 6.39. The zero-order valence-corrected chi connectivity index (χ0v) is 11.5. The zero-order valence-electron chi connectivity index (χ0n) is 11.5. The van der Waals surface area contributed by atoms with Crippen LogP contribution in [0.25, 0.3) is 0 Å². The van der Waals surface area contributed by atoms with Crippen molar-refractivity contribution < 1.29 is 33.3 Å². The molecule has 7 nitrogen and oxygen atoms in total. The number of ether oxygens (including phenoxy) is 4. The summed E-state index contributed by atoms with van der Waals surface area (Å²) in [7, 11) is 2.19. The van der Waals surface area contributed by atoms with E-state index in [0.717, 1.165) is 14.2 Å². The minimum absolute atomic E-state index is 0.0673. The first-order valence-electron chi connectivity index (χ1n) is 5.92. The third-order valence-corrected chi connectivity index (χ3v) is 3.04. The highest BCUT2D eigenvalue weighted by molar-refractivity contribution is 6.05. The van der Waals surface area contributed by atoms with Gasteiger partial charge >= 0.3 is 17.9 Å². The van der Waals surface area contributed by atoms with Gasteiger partial charge in [0.25, 0.3) is 0 Å². The third kappa shape index (κ3) is 2.47. The van der Waals surface area contributed by atoms with E-state index in [1.807, 2.05) is 0 Å². The number of terminal acetylenes is 1. The molecule has 0 bridgehead atoms. The smallest absolute Gasteiger partial charge is 0.337 e. The van der Waals surface area contributed by atoms with Crippen molar-refractivity contribution in [1.82, 2.24) is 0 Å². The Kier molecular flexibility index (Phi) is 5.11. The lowest BCUT2D eigenvalue weighted by atomic mass is 9.79. The van der Waals surface area contributed by atoms with E-state index < -0.39 is 35.5 Å². The van der Waals surface area contributed by atoms with Crippen LogP contribution in [0, 0.1) is 17.8 Å². The Morgan fingerprint density at radius 1 is 1.30 bits per heavy atom. The standard InChI is InChI=1S/C13H16O7/c1-5-8-7-13(11(15)17-3,12(16)18-4)9(20-8)10(14)19-6-2/h1,8-9H,6-7H2,2-4H3. The number of methoxy groups -OCH3 is 2. The van der Waals surface area contributed by atoms with E-state index in [4.69, 9.17) is 15.9 Å². The van der Waals surface area contributed by atoms with Gasteiger partial charge in [-0.3, -0.25) is 9.59 Å². The quantitative estimate of drug-likeness (QED) is 0.302. The fraction of sp³-hybridized carbons (Fsp3) is 0.615. The Hall–Kier alpha value is -2.07. The van der Waals surface area contributed by atoms with Gasteiger partial charge in [0.1, 0.15) is 6.10 Å². The van der Waals surface area contributed by atoms with E-state index in [1.54, 1.807) is 6.92 Å². The second-order valence-electron chi connectivity index (χ2n) is 4.08. The van der Waals surface area contributed by atoms with Crippen LogP contribution >= 0.6 is 0 Å². The Morgan fingerprint density at radius 3 is 2.25 bits per heavy atom. The second-order valence-corrected chi connectivity index (χ2v) is 4.08. The lowest BCUT2D eigenvalue weighted by Crippen LogP contribution is -2.51. The molecule has 0 aromatic heterocycles. The molecule has 0 N–H and O–H groups in total. The van der Waals surface area contributed by atoms with E-state index in [-0.39, 0.29) is 13.0 Å². The van der Waals surface area contributed by atoms with Crippen molar-refractivity contribution >= 4 is 17.9 Å². The van der Waals surface area contributed by atoms with Crippen molar-refractivity contribution in [1.29, 1.82) is 0 Å². The molecule has 1 saturated heterocycles. The molecule has 1 aliphatic heterocycles. The molecule has 0 saturated carbocycles. The van der Waals surface area contributed by atoms with E-state index in [0.29, 0.717) is 0 Å². The molecule has 1 aliphatic rings. The van der Waals surface area contributed by atoms with Crippen LogP contribution < -0.4 is 0 Å². The van der Waals surface area contributed by atoms with Crippen molar-refractivity contribution in [2.45, 2.75) is 25.6 Å². The lowest BCUT2D eigenvalue weighted by Gasteiger charge is -2.26. The van der Waals surface area contributed by atoms with Gasteiger partial charge in [-0.2, -0.15) is 0 Å². The summed E-state index contributed by atoms with van der Waals surface area (Å²) in [5.41, 5.74) is -1.94. The van der Waals surface area contributed by atoms with Gasteiger partial charge in [0.15, 0.2) is 6.10 Å².